The minimum atomic E-state index is -0.600. The normalized spacial score (nSPS) is 10.4. The molecule has 0 spiro atoms. The SMILES string of the molecule is NC(=O)c1nn(Cc2cccs2)cc1N. The van der Waals surface area contributed by atoms with E-state index >= 15 is 0 Å². The Labute approximate surface area is 90.3 Å². The third kappa shape index (κ3) is 1.99. The Balaban J connectivity index is 2.23. The lowest BCUT2D eigenvalue weighted by molar-refractivity contribution is 0.0995. The second-order valence-corrected chi connectivity index (χ2v) is 4.11. The lowest BCUT2D eigenvalue weighted by Crippen LogP contribution is -2.14. The summed E-state index contributed by atoms with van der Waals surface area (Å²) in [5.74, 6) is -0.600. The van der Waals surface area contributed by atoms with Crippen molar-refractivity contribution in [1.82, 2.24) is 9.78 Å². The quantitative estimate of drug-likeness (QED) is 0.800. The van der Waals surface area contributed by atoms with Gasteiger partial charge in [-0.1, -0.05) is 6.07 Å². The van der Waals surface area contributed by atoms with Gasteiger partial charge in [-0.15, -0.1) is 11.3 Å². The van der Waals surface area contributed by atoms with E-state index in [2.05, 4.69) is 5.10 Å². The van der Waals surface area contributed by atoms with Crippen molar-refractivity contribution >= 4 is 22.9 Å². The van der Waals surface area contributed by atoms with Crippen LogP contribution in [0.2, 0.25) is 0 Å². The molecular weight excluding hydrogens is 212 g/mol. The van der Waals surface area contributed by atoms with Gasteiger partial charge in [-0.2, -0.15) is 5.10 Å². The largest absolute Gasteiger partial charge is 0.396 e. The molecule has 78 valence electrons. The van der Waals surface area contributed by atoms with E-state index < -0.39 is 5.91 Å². The summed E-state index contributed by atoms with van der Waals surface area (Å²) in [4.78, 5) is 12.1. The highest BCUT2D eigenvalue weighted by Gasteiger charge is 2.11. The minimum Gasteiger partial charge on any atom is -0.396 e. The molecule has 2 aromatic heterocycles. The number of nitrogen functional groups attached to an aromatic ring is 1. The molecule has 0 saturated heterocycles. The van der Waals surface area contributed by atoms with Crippen molar-refractivity contribution in [2.75, 3.05) is 5.73 Å². The molecule has 0 atom stereocenters. The van der Waals surface area contributed by atoms with Gasteiger partial charge in [0.15, 0.2) is 5.69 Å². The smallest absolute Gasteiger partial charge is 0.271 e. The molecule has 2 heterocycles. The number of carbonyl (C=O) groups excluding carboxylic acids is 1. The molecule has 0 aromatic carbocycles. The Morgan fingerprint density at radius 3 is 2.93 bits per heavy atom. The number of nitrogens with zero attached hydrogens (tertiary/aromatic N) is 2. The standard InChI is InChI=1S/C9H10N4OS/c10-7-5-13(12-8(7)9(11)14)4-6-2-1-3-15-6/h1-3,5H,4,10H2,(H2,11,14). The summed E-state index contributed by atoms with van der Waals surface area (Å²) < 4.78 is 1.61. The summed E-state index contributed by atoms with van der Waals surface area (Å²) >= 11 is 1.62. The first-order chi connectivity index (χ1) is 7.16. The maximum atomic E-state index is 10.9. The van der Waals surface area contributed by atoms with Gasteiger partial charge in [-0.3, -0.25) is 9.48 Å². The Kier molecular flexibility index (Phi) is 2.42. The molecule has 0 aliphatic heterocycles. The minimum absolute atomic E-state index is 0.131. The molecule has 5 nitrogen and oxygen atoms in total. The zero-order valence-corrected chi connectivity index (χ0v) is 8.70. The fraction of sp³-hybridized carbons (Fsp3) is 0.111. The third-order valence-electron chi connectivity index (χ3n) is 1.92. The number of carbonyl (C=O) groups is 1. The van der Waals surface area contributed by atoms with Gasteiger partial charge < -0.3 is 11.5 Å². The molecule has 6 heteroatoms. The molecular formula is C9H10N4OS. The van der Waals surface area contributed by atoms with Crippen molar-refractivity contribution in [3.63, 3.8) is 0 Å². The van der Waals surface area contributed by atoms with E-state index in [9.17, 15) is 4.79 Å². The molecule has 0 unspecified atom stereocenters. The van der Waals surface area contributed by atoms with Crippen molar-refractivity contribution in [2.45, 2.75) is 6.54 Å². The number of hydrogen-bond acceptors (Lipinski definition) is 4. The highest BCUT2D eigenvalue weighted by atomic mass is 32.1. The predicted molar refractivity (Wildman–Crippen MR) is 58.6 cm³/mol. The number of rotatable bonds is 3. The van der Waals surface area contributed by atoms with Crippen LogP contribution in [-0.4, -0.2) is 15.7 Å². The molecule has 0 fully saturated rings. The summed E-state index contributed by atoms with van der Waals surface area (Å²) in [6, 6.07) is 3.95. The summed E-state index contributed by atoms with van der Waals surface area (Å²) in [6.07, 6.45) is 1.61. The molecule has 0 radical (unpaired) electrons. The number of thiophene rings is 1. The molecule has 0 saturated carbocycles. The van der Waals surface area contributed by atoms with Crippen molar-refractivity contribution < 1.29 is 4.79 Å². The molecule has 0 aliphatic carbocycles. The van der Waals surface area contributed by atoms with Gasteiger partial charge in [0, 0.05) is 11.1 Å². The number of primary amides is 1. The van der Waals surface area contributed by atoms with Crippen LogP contribution in [0, 0.1) is 0 Å². The Morgan fingerprint density at radius 2 is 2.40 bits per heavy atom. The fourth-order valence-electron chi connectivity index (χ4n) is 1.27. The molecule has 0 bridgehead atoms. The number of aromatic nitrogens is 2. The molecule has 4 N–H and O–H groups in total. The van der Waals surface area contributed by atoms with Crippen LogP contribution >= 0.6 is 11.3 Å². The number of nitrogens with two attached hydrogens (primary N) is 2. The van der Waals surface area contributed by atoms with Crippen molar-refractivity contribution in [2.24, 2.45) is 5.73 Å². The second-order valence-electron chi connectivity index (χ2n) is 3.07. The van der Waals surface area contributed by atoms with Crippen molar-refractivity contribution in [1.29, 1.82) is 0 Å². The monoisotopic (exact) mass is 222 g/mol. The summed E-state index contributed by atoms with van der Waals surface area (Å²) in [6.45, 7) is 0.606. The van der Waals surface area contributed by atoms with Gasteiger partial charge >= 0.3 is 0 Å². The average molecular weight is 222 g/mol. The van der Waals surface area contributed by atoms with E-state index in [1.165, 1.54) is 0 Å². The number of hydrogen-bond donors (Lipinski definition) is 2. The zero-order chi connectivity index (χ0) is 10.8. The van der Waals surface area contributed by atoms with Gasteiger partial charge in [-0.05, 0) is 11.4 Å². The van der Waals surface area contributed by atoms with Gasteiger partial charge in [0.25, 0.3) is 5.91 Å². The Hall–Kier alpha value is -1.82. The van der Waals surface area contributed by atoms with Crippen LogP contribution in [0.1, 0.15) is 15.4 Å². The van der Waals surface area contributed by atoms with Crippen molar-refractivity contribution in [3.8, 4) is 0 Å². The Bertz CT molecular complexity index is 474. The van der Waals surface area contributed by atoms with E-state index in [0.717, 1.165) is 4.88 Å². The van der Waals surface area contributed by atoms with Crippen LogP contribution in [0.3, 0.4) is 0 Å². The molecule has 15 heavy (non-hydrogen) atoms. The van der Waals surface area contributed by atoms with Gasteiger partial charge in [-0.25, -0.2) is 0 Å². The van der Waals surface area contributed by atoms with Crippen molar-refractivity contribution in [3.05, 3.63) is 34.3 Å². The average Bonchev–Trinajstić information content (AvgIpc) is 2.75. The van der Waals surface area contributed by atoms with E-state index in [-0.39, 0.29) is 5.69 Å². The van der Waals surface area contributed by atoms with E-state index in [1.54, 1.807) is 22.2 Å². The maximum absolute atomic E-state index is 10.9. The van der Waals surface area contributed by atoms with E-state index in [4.69, 9.17) is 11.5 Å². The predicted octanol–water partition coefficient (Wildman–Crippen LogP) is 0.674. The summed E-state index contributed by atoms with van der Waals surface area (Å²) in [5.41, 5.74) is 11.1. The van der Waals surface area contributed by atoms with E-state index in [1.807, 2.05) is 17.5 Å². The number of amides is 1. The van der Waals surface area contributed by atoms with Gasteiger partial charge in [0.05, 0.1) is 12.2 Å². The first-order valence-corrected chi connectivity index (χ1v) is 5.20. The fourth-order valence-corrected chi connectivity index (χ4v) is 1.97. The Morgan fingerprint density at radius 1 is 1.60 bits per heavy atom. The molecule has 0 aliphatic rings. The van der Waals surface area contributed by atoms with Gasteiger partial charge in [0.1, 0.15) is 0 Å². The first-order valence-electron chi connectivity index (χ1n) is 4.32. The third-order valence-corrected chi connectivity index (χ3v) is 2.78. The summed E-state index contributed by atoms with van der Waals surface area (Å²) in [7, 11) is 0. The first kappa shape index (κ1) is 9.72. The number of anilines is 1. The molecule has 1 amide bonds. The lowest BCUT2D eigenvalue weighted by atomic mass is 10.4. The molecule has 2 aromatic rings. The topological polar surface area (TPSA) is 86.9 Å². The van der Waals surface area contributed by atoms with Crippen LogP contribution in [0.15, 0.2) is 23.7 Å². The zero-order valence-electron chi connectivity index (χ0n) is 7.88. The van der Waals surface area contributed by atoms with Crippen LogP contribution in [-0.2, 0) is 6.54 Å². The van der Waals surface area contributed by atoms with E-state index in [0.29, 0.717) is 12.2 Å². The van der Waals surface area contributed by atoms with Crippen LogP contribution < -0.4 is 11.5 Å². The van der Waals surface area contributed by atoms with Crippen LogP contribution in [0.25, 0.3) is 0 Å². The van der Waals surface area contributed by atoms with Crippen LogP contribution in [0.5, 0.6) is 0 Å². The molecule has 2 rings (SSSR count). The highest BCUT2D eigenvalue weighted by molar-refractivity contribution is 7.09. The van der Waals surface area contributed by atoms with Gasteiger partial charge in [0.2, 0.25) is 0 Å². The maximum Gasteiger partial charge on any atom is 0.271 e. The van der Waals surface area contributed by atoms with Crippen LogP contribution in [0.4, 0.5) is 5.69 Å². The highest BCUT2D eigenvalue weighted by Crippen LogP contribution is 2.13. The summed E-state index contributed by atoms with van der Waals surface area (Å²) in [5, 5.41) is 5.99. The second kappa shape index (κ2) is 3.74. The lowest BCUT2D eigenvalue weighted by Gasteiger charge is -1.96.